The number of aromatic nitrogens is 4. The molecular formula is C16H25N5. The van der Waals surface area contributed by atoms with Gasteiger partial charge >= 0.3 is 0 Å². The monoisotopic (exact) mass is 287 g/mol. The number of hydrogen-bond donors (Lipinski definition) is 0. The van der Waals surface area contributed by atoms with E-state index in [2.05, 4.69) is 28.1 Å². The van der Waals surface area contributed by atoms with Gasteiger partial charge in [0.05, 0.1) is 0 Å². The second-order valence-corrected chi connectivity index (χ2v) is 6.16. The fraction of sp³-hybridized carbons (Fsp3) is 0.688. The summed E-state index contributed by atoms with van der Waals surface area (Å²) in [5.41, 5.74) is 0.824. The Bertz CT molecular complexity index is 585. The molecule has 2 aromatic rings. The lowest BCUT2D eigenvalue weighted by Crippen LogP contribution is -2.32. The molecular weight excluding hydrogens is 262 g/mol. The highest BCUT2D eigenvalue weighted by molar-refractivity contribution is 5.45. The van der Waals surface area contributed by atoms with Crippen molar-refractivity contribution in [2.24, 2.45) is 5.92 Å². The summed E-state index contributed by atoms with van der Waals surface area (Å²) in [7, 11) is 0. The summed E-state index contributed by atoms with van der Waals surface area (Å²) in [6.07, 6.45) is 8.08. The van der Waals surface area contributed by atoms with E-state index >= 15 is 0 Å². The number of hydrogen-bond acceptors (Lipinski definition) is 4. The first-order valence-corrected chi connectivity index (χ1v) is 8.22. The predicted octanol–water partition coefficient (Wildman–Crippen LogP) is 3.23. The Morgan fingerprint density at radius 1 is 1.19 bits per heavy atom. The summed E-state index contributed by atoms with van der Waals surface area (Å²) in [4.78, 5) is 2.44. The van der Waals surface area contributed by atoms with Crippen molar-refractivity contribution >= 4 is 11.5 Å². The first-order chi connectivity index (χ1) is 10.3. The van der Waals surface area contributed by atoms with Crippen LogP contribution >= 0.6 is 0 Å². The molecule has 0 aromatic carbocycles. The van der Waals surface area contributed by atoms with Gasteiger partial charge in [-0.15, -0.1) is 15.3 Å². The van der Waals surface area contributed by atoms with Gasteiger partial charge in [0, 0.05) is 13.1 Å². The Labute approximate surface area is 126 Å². The van der Waals surface area contributed by atoms with Crippen molar-refractivity contribution in [3.63, 3.8) is 0 Å². The van der Waals surface area contributed by atoms with Crippen LogP contribution in [0.15, 0.2) is 12.1 Å². The SMILES string of the molecule is CCCN(CC1CCCCC1)c1ccc2nnc(C)n2n1. The summed E-state index contributed by atoms with van der Waals surface area (Å²) >= 11 is 0. The maximum Gasteiger partial charge on any atom is 0.178 e. The molecule has 1 saturated carbocycles. The molecule has 0 radical (unpaired) electrons. The number of anilines is 1. The minimum atomic E-state index is 0.824. The Hall–Kier alpha value is -1.65. The second kappa shape index (κ2) is 6.41. The first-order valence-electron chi connectivity index (χ1n) is 8.22. The van der Waals surface area contributed by atoms with Gasteiger partial charge in [-0.05, 0) is 44.2 Å². The molecule has 114 valence electrons. The van der Waals surface area contributed by atoms with Gasteiger partial charge in [-0.1, -0.05) is 26.2 Å². The van der Waals surface area contributed by atoms with Crippen LogP contribution in [-0.4, -0.2) is 32.9 Å². The standard InChI is InChI=1S/C16H25N5/c1-3-11-20(12-14-7-5-4-6-8-14)16-10-9-15-18-17-13(2)21(15)19-16/h9-10,14H,3-8,11-12H2,1-2H3. The lowest BCUT2D eigenvalue weighted by molar-refractivity contribution is 0.357. The van der Waals surface area contributed by atoms with Crippen LogP contribution in [0.1, 0.15) is 51.3 Å². The van der Waals surface area contributed by atoms with Crippen molar-refractivity contribution in [1.29, 1.82) is 0 Å². The van der Waals surface area contributed by atoms with E-state index < -0.39 is 0 Å². The lowest BCUT2D eigenvalue weighted by atomic mass is 9.89. The predicted molar refractivity (Wildman–Crippen MR) is 84.6 cm³/mol. The highest BCUT2D eigenvalue weighted by Gasteiger charge is 2.18. The fourth-order valence-electron chi connectivity index (χ4n) is 3.31. The fourth-order valence-corrected chi connectivity index (χ4v) is 3.31. The molecule has 0 bridgehead atoms. The number of aryl methyl sites for hydroxylation is 1. The topological polar surface area (TPSA) is 46.3 Å². The molecule has 0 unspecified atom stereocenters. The lowest BCUT2D eigenvalue weighted by Gasteiger charge is -2.30. The van der Waals surface area contributed by atoms with Crippen molar-refractivity contribution < 1.29 is 0 Å². The normalized spacial score (nSPS) is 16.5. The van der Waals surface area contributed by atoms with Gasteiger partial charge in [0.25, 0.3) is 0 Å². The third kappa shape index (κ3) is 3.17. The third-order valence-electron chi connectivity index (χ3n) is 4.43. The van der Waals surface area contributed by atoms with Gasteiger partial charge in [-0.2, -0.15) is 4.52 Å². The maximum absolute atomic E-state index is 4.74. The van der Waals surface area contributed by atoms with E-state index in [1.807, 2.05) is 17.5 Å². The van der Waals surface area contributed by atoms with Gasteiger partial charge in [0.15, 0.2) is 11.5 Å². The van der Waals surface area contributed by atoms with Gasteiger partial charge in [-0.3, -0.25) is 0 Å². The Morgan fingerprint density at radius 2 is 2.00 bits per heavy atom. The minimum absolute atomic E-state index is 0.824. The molecule has 0 saturated heterocycles. The zero-order valence-corrected chi connectivity index (χ0v) is 13.1. The molecule has 0 N–H and O–H groups in total. The number of fused-ring (bicyclic) bond motifs is 1. The molecule has 5 nitrogen and oxygen atoms in total. The summed E-state index contributed by atoms with van der Waals surface area (Å²) < 4.78 is 1.85. The largest absolute Gasteiger partial charge is 0.355 e. The van der Waals surface area contributed by atoms with Crippen LogP contribution in [0.2, 0.25) is 0 Å². The third-order valence-corrected chi connectivity index (χ3v) is 4.43. The van der Waals surface area contributed by atoms with Crippen molar-refractivity contribution in [2.45, 2.75) is 52.4 Å². The molecule has 5 heteroatoms. The number of nitrogens with zero attached hydrogens (tertiary/aromatic N) is 5. The van der Waals surface area contributed by atoms with E-state index in [1.54, 1.807) is 0 Å². The molecule has 1 aliphatic rings. The van der Waals surface area contributed by atoms with Crippen molar-refractivity contribution in [3.05, 3.63) is 18.0 Å². The number of rotatable bonds is 5. The van der Waals surface area contributed by atoms with Crippen molar-refractivity contribution in [3.8, 4) is 0 Å². The molecule has 3 rings (SSSR count). The molecule has 0 amide bonds. The van der Waals surface area contributed by atoms with Crippen LogP contribution in [-0.2, 0) is 0 Å². The summed E-state index contributed by atoms with van der Waals surface area (Å²) in [5, 5.41) is 12.9. The van der Waals surface area contributed by atoms with Gasteiger partial charge in [0.1, 0.15) is 5.82 Å². The van der Waals surface area contributed by atoms with Crippen LogP contribution < -0.4 is 4.90 Å². The van der Waals surface area contributed by atoms with Crippen molar-refractivity contribution in [2.75, 3.05) is 18.0 Å². The molecule has 21 heavy (non-hydrogen) atoms. The molecule has 0 spiro atoms. The van der Waals surface area contributed by atoms with Crippen LogP contribution in [0.25, 0.3) is 5.65 Å². The minimum Gasteiger partial charge on any atom is -0.355 e. The summed E-state index contributed by atoms with van der Waals surface area (Å²) in [6.45, 7) is 6.38. The molecule has 0 aliphatic heterocycles. The highest BCUT2D eigenvalue weighted by atomic mass is 15.4. The maximum atomic E-state index is 4.74. The van der Waals surface area contributed by atoms with Crippen LogP contribution in [0.3, 0.4) is 0 Å². The Kier molecular flexibility index (Phi) is 4.36. The molecule has 1 aliphatic carbocycles. The van der Waals surface area contributed by atoms with E-state index in [1.165, 1.54) is 32.1 Å². The van der Waals surface area contributed by atoms with Crippen molar-refractivity contribution in [1.82, 2.24) is 19.8 Å². The van der Waals surface area contributed by atoms with E-state index in [-0.39, 0.29) is 0 Å². The van der Waals surface area contributed by atoms with E-state index in [9.17, 15) is 0 Å². The van der Waals surface area contributed by atoms with Crippen LogP contribution in [0.5, 0.6) is 0 Å². The molecule has 1 fully saturated rings. The van der Waals surface area contributed by atoms with E-state index in [0.717, 1.165) is 42.7 Å². The average molecular weight is 287 g/mol. The summed E-state index contributed by atoms with van der Waals surface area (Å²) in [6, 6.07) is 4.10. The quantitative estimate of drug-likeness (QED) is 0.847. The van der Waals surface area contributed by atoms with E-state index in [0.29, 0.717) is 0 Å². The average Bonchev–Trinajstić information content (AvgIpc) is 2.89. The van der Waals surface area contributed by atoms with Gasteiger partial charge in [0.2, 0.25) is 0 Å². The van der Waals surface area contributed by atoms with Crippen LogP contribution in [0.4, 0.5) is 5.82 Å². The Morgan fingerprint density at radius 3 is 2.76 bits per heavy atom. The van der Waals surface area contributed by atoms with Crippen LogP contribution in [0, 0.1) is 12.8 Å². The summed E-state index contributed by atoms with van der Waals surface area (Å²) in [5.74, 6) is 2.73. The molecule has 0 atom stereocenters. The zero-order valence-electron chi connectivity index (χ0n) is 13.1. The van der Waals surface area contributed by atoms with Gasteiger partial charge < -0.3 is 4.90 Å². The molecule has 2 heterocycles. The Balaban J connectivity index is 1.81. The molecule has 2 aromatic heterocycles. The van der Waals surface area contributed by atoms with E-state index in [4.69, 9.17) is 5.10 Å². The zero-order chi connectivity index (χ0) is 14.7. The highest BCUT2D eigenvalue weighted by Crippen LogP contribution is 2.26. The first kappa shape index (κ1) is 14.3. The second-order valence-electron chi connectivity index (χ2n) is 6.16. The smallest absolute Gasteiger partial charge is 0.178 e. The van der Waals surface area contributed by atoms with Gasteiger partial charge in [-0.25, -0.2) is 0 Å².